The van der Waals surface area contributed by atoms with Gasteiger partial charge in [-0.15, -0.1) is 10.2 Å². The Morgan fingerprint density at radius 1 is 1.45 bits per heavy atom. The lowest BCUT2D eigenvalue weighted by atomic mass is 9.98. The monoisotopic (exact) mass is 354 g/mol. The average molecular weight is 355 g/mol. The first-order valence-corrected chi connectivity index (χ1v) is 9.05. The zero-order chi connectivity index (χ0) is 15.5. The molecular formula is C14H15ClN4OS2. The van der Waals surface area contributed by atoms with Gasteiger partial charge in [-0.05, 0) is 18.1 Å². The van der Waals surface area contributed by atoms with Gasteiger partial charge in [-0.3, -0.25) is 4.79 Å². The van der Waals surface area contributed by atoms with E-state index in [4.69, 9.17) is 17.3 Å². The van der Waals surface area contributed by atoms with Crippen molar-refractivity contribution >= 4 is 45.7 Å². The Balaban J connectivity index is 1.56. The van der Waals surface area contributed by atoms with Crippen LogP contribution < -0.4 is 5.73 Å². The fraction of sp³-hybridized carbons (Fsp3) is 0.357. The molecule has 5 nitrogen and oxygen atoms in total. The van der Waals surface area contributed by atoms with Crippen LogP contribution in [-0.2, 0) is 4.79 Å². The summed E-state index contributed by atoms with van der Waals surface area (Å²) < 4.78 is 0.729. The van der Waals surface area contributed by atoms with E-state index in [1.165, 1.54) is 23.1 Å². The van der Waals surface area contributed by atoms with Crippen molar-refractivity contribution < 1.29 is 4.79 Å². The summed E-state index contributed by atoms with van der Waals surface area (Å²) in [5.41, 5.74) is 6.66. The number of carbonyl (C=O) groups is 1. The highest BCUT2D eigenvalue weighted by Crippen LogP contribution is 2.32. The molecule has 2 heterocycles. The highest BCUT2D eigenvalue weighted by molar-refractivity contribution is 8.01. The molecule has 1 unspecified atom stereocenters. The maximum atomic E-state index is 12.3. The third kappa shape index (κ3) is 3.53. The molecule has 0 radical (unpaired) electrons. The van der Waals surface area contributed by atoms with E-state index >= 15 is 0 Å². The van der Waals surface area contributed by atoms with Gasteiger partial charge in [-0.1, -0.05) is 52.9 Å². The molecule has 1 amide bonds. The molecule has 1 aliphatic heterocycles. The van der Waals surface area contributed by atoms with Crippen molar-refractivity contribution in [2.75, 3.05) is 24.6 Å². The number of aromatic nitrogens is 2. The molecule has 1 aliphatic rings. The second-order valence-electron chi connectivity index (χ2n) is 5.04. The Morgan fingerprint density at radius 2 is 2.27 bits per heavy atom. The van der Waals surface area contributed by atoms with E-state index in [0.717, 1.165) is 34.4 Å². The van der Waals surface area contributed by atoms with Gasteiger partial charge in [0.15, 0.2) is 4.34 Å². The molecule has 0 bridgehead atoms. The van der Waals surface area contributed by atoms with Gasteiger partial charge in [-0.2, -0.15) is 0 Å². The van der Waals surface area contributed by atoms with Crippen LogP contribution in [0.1, 0.15) is 17.9 Å². The van der Waals surface area contributed by atoms with Crippen molar-refractivity contribution in [1.82, 2.24) is 15.1 Å². The summed E-state index contributed by atoms with van der Waals surface area (Å²) in [6.45, 7) is 1.49. The first-order chi connectivity index (χ1) is 10.6. The van der Waals surface area contributed by atoms with E-state index in [-0.39, 0.29) is 5.91 Å². The molecular weight excluding hydrogens is 340 g/mol. The Kier molecular flexibility index (Phi) is 4.85. The van der Waals surface area contributed by atoms with E-state index in [2.05, 4.69) is 10.2 Å². The topological polar surface area (TPSA) is 72.1 Å². The molecule has 22 heavy (non-hydrogen) atoms. The van der Waals surface area contributed by atoms with Crippen LogP contribution in [0, 0.1) is 0 Å². The molecule has 1 aromatic heterocycles. The van der Waals surface area contributed by atoms with Gasteiger partial charge in [0.25, 0.3) is 0 Å². The Morgan fingerprint density at radius 3 is 3.00 bits per heavy atom. The second-order valence-corrected chi connectivity index (χ2v) is 7.68. The number of hydrogen-bond donors (Lipinski definition) is 1. The maximum absolute atomic E-state index is 12.3. The zero-order valence-corrected chi connectivity index (χ0v) is 14.1. The smallest absolute Gasteiger partial charge is 0.233 e. The molecule has 2 aromatic rings. The third-order valence-corrected chi connectivity index (χ3v) is 5.84. The molecule has 0 spiro atoms. The molecule has 116 valence electrons. The van der Waals surface area contributed by atoms with Gasteiger partial charge < -0.3 is 10.6 Å². The second kappa shape index (κ2) is 6.85. The Labute approximate surface area is 141 Å². The van der Waals surface area contributed by atoms with Crippen molar-refractivity contribution in [3.8, 4) is 0 Å². The molecule has 1 aromatic carbocycles. The number of nitrogens with zero attached hydrogens (tertiary/aromatic N) is 3. The highest BCUT2D eigenvalue weighted by Gasteiger charge is 2.28. The number of rotatable bonds is 4. The van der Waals surface area contributed by atoms with Crippen molar-refractivity contribution in [3.63, 3.8) is 0 Å². The largest absolute Gasteiger partial charge is 0.374 e. The van der Waals surface area contributed by atoms with Crippen LogP contribution in [0.15, 0.2) is 28.6 Å². The third-order valence-electron chi connectivity index (χ3n) is 3.63. The molecule has 3 rings (SSSR count). The molecule has 1 saturated heterocycles. The first-order valence-electron chi connectivity index (χ1n) is 6.87. The normalized spacial score (nSPS) is 17.9. The molecule has 0 saturated carbocycles. The van der Waals surface area contributed by atoms with Gasteiger partial charge in [-0.25, -0.2) is 0 Å². The molecule has 1 fully saturated rings. The zero-order valence-electron chi connectivity index (χ0n) is 11.7. The summed E-state index contributed by atoms with van der Waals surface area (Å²) in [7, 11) is 0. The maximum Gasteiger partial charge on any atom is 0.233 e. The standard InChI is InChI=1S/C14H15ClN4OS2/c15-11-4-2-1-3-10(11)9-5-6-19(7-9)12(20)8-21-14-18-17-13(16)22-14/h1-4,9H,5-8H2,(H2,16,17). The fourth-order valence-electron chi connectivity index (χ4n) is 2.54. The van der Waals surface area contributed by atoms with Crippen LogP contribution >= 0.6 is 34.7 Å². The first kappa shape index (κ1) is 15.6. The summed E-state index contributed by atoms with van der Waals surface area (Å²) in [4.78, 5) is 14.2. The molecule has 1 atom stereocenters. The number of nitrogens with two attached hydrogens (primary N) is 1. The number of nitrogen functional groups attached to an aromatic ring is 1. The predicted octanol–water partition coefficient (Wildman–Crippen LogP) is 2.88. The molecule has 0 aliphatic carbocycles. The number of hydrogen-bond acceptors (Lipinski definition) is 6. The van der Waals surface area contributed by atoms with Crippen LogP contribution in [0.2, 0.25) is 5.02 Å². The van der Waals surface area contributed by atoms with E-state index in [1.807, 2.05) is 29.2 Å². The quantitative estimate of drug-likeness (QED) is 0.855. The lowest BCUT2D eigenvalue weighted by molar-refractivity contribution is -0.127. The minimum absolute atomic E-state index is 0.119. The minimum atomic E-state index is 0.119. The summed E-state index contributed by atoms with van der Waals surface area (Å²) >= 11 is 8.93. The van der Waals surface area contributed by atoms with Crippen LogP contribution in [-0.4, -0.2) is 39.8 Å². The average Bonchev–Trinajstić information content (AvgIpc) is 3.14. The number of carbonyl (C=O) groups excluding carboxylic acids is 1. The van der Waals surface area contributed by atoms with Gasteiger partial charge in [0.05, 0.1) is 5.75 Å². The van der Waals surface area contributed by atoms with Crippen molar-refractivity contribution in [3.05, 3.63) is 34.9 Å². The fourth-order valence-corrected chi connectivity index (χ4v) is 4.37. The van der Waals surface area contributed by atoms with E-state index in [0.29, 0.717) is 16.8 Å². The minimum Gasteiger partial charge on any atom is -0.374 e. The summed E-state index contributed by atoms with van der Waals surface area (Å²) in [6, 6.07) is 7.85. The number of likely N-dealkylation sites (tertiary alicyclic amines) is 1. The van der Waals surface area contributed by atoms with Gasteiger partial charge in [0.1, 0.15) is 0 Å². The van der Waals surface area contributed by atoms with E-state index < -0.39 is 0 Å². The Bertz CT molecular complexity index is 678. The Hall–Kier alpha value is -1.31. The van der Waals surface area contributed by atoms with Gasteiger partial charge in [0.2, 0.25) is 11.0 Å². The summed E-state index contributed by atoms with van der Waals surface area (Å²) in [5, 5.41) is 8.85. The van der Waals surface area contributed by atoms with Crippen molar-refractivity contribution in [2.24, 2.45) is 0 Å². The summed E-state index contributed by atoms with van der Waals surface area (Å²) in [5.74, 6) is 0.803. The van der Waals surface area contributed by atoms with E-state index in [9.17, 15) is 4.79 Å². The van der Waals surface area contributed by atoms with Crippen LogP contribution in [0.4, 0.5) is 5.13 Å². The molecule has 2 N–H and O–H groups in total. The lowest BCUT2D eigenvalue weighted by Crippen LogP contribution is -2.30. The molecule has 8 heteroatoms. The number of halogens is 1. The number of benzene rings is 1. The van der Waals surface area contributed by atoms with Crippen LogP contribution in [0.3, 0.4) is 0 Å². The van der Waals surface area contributed by atoms with Crippen LogP contribution in [0.25, 0.3) is 0 Å². The highest BCUT2D eigenvalue weighted by atomic mass is 35.5. The predicted molar refractivity (Wildman–Crippen MR) is 90.4 cm³/mol. The number of amides is 1. The van der Waals surface area contributed by atoms with Gasteiger partial charge in [0, 0.05) is 24.0 Å². The summed E-state index contributed by atoms with van der Waals surface area (Å²) in [6.07, 6.45) is 0.950. The lowest BCUT2D eigenvalue weighted by Gasteiger charge is -2.16. The number of thioether (sulfide) groups is 1. The SMILES string of the molecule is Nc1nnc(SCC(=O)N2CCC(c3ccccc3Cl)C2)s1. The van der Waals surface area contributed by atoms with Crippen molar-refractivity contribution in [2.45, 2.75) is 16.7 Å². The number of anilines is 1. The van der Waals surface area contributed by atoms with Crippen LogP contribution in [0.5, 0.6) is 0 Å². The van der Waals surface area contributed by atoms with Crippen molar-refractivity contribution in [1.29, 1.82) is 0 Å². The van der Waals surface area contributed by atoms with Gasteiger partial charge >= 0.3 is 0 Å². The van der Waals surface area contributed by atoms with E-state index in [1.54, 1.807) is 0 Å².